The molecule has 0 saturated heterocycles. The van der Waals surface area contributed by atoms with E-state index in [1.807, 2.05) is 0 Å². The number of rotatable bonds is 2. The third-order valence-electron chi connectivity index (χ3n) is 9.65. The average molecular weight is 528 g/mol. The lowest BCUT2D eigenvalue weighted by Gasteiger charge is -2.42. The molecule has 1 aliphatic carbocycles. The second kappa shape index (κ2) is 7.95. The molecule has 6 aromatic rings. The summed E-state index contributed by atoms with van der Waals surface area (Å²) in [7, 11) is 0. The number of hydrogen-bond donors (Lipinski definition) is 0. The van der Waals surface area contributed by atoms with Crippen molar-refractivity contribution < 1.29 is 4.42 Å². The maximum absolute atomic E-state index is 7.01. The summed E-state index contributed by atoms with van der Waals surface area (Å²) >= 11 is 0. The fraction of sp³-hybridized carbons (Fsp3) is 0.135. The predicted octanol–water partition coefficient (Wildman–Crippen LogP) is 7.51. The van der Waals surface area contributed by atoms with Crippen LogP contribution in [0.1, 0.15) is 31.9 Å². The molecule has 41 heavy (non-hydrogen) atoms. The molecule has 3 aliphatic rings. The smallest absolute Gasteiger partial charge is 0.257 e. The Kier molecular flexibility index (Phi) is 4.47. The summed E-state index contributed by atoms with van der Waals surface area (Å²) in [6.07, 6.45) is 0. The fourth-order valence-corrected chi connectivity index (χ4v) is 7.86. The van der Waals surface area contributed by atoms with Gasteiger partial charge in [0.2, 0.25) is 5.88 Å². The lowest BCUT2D eigenvalue weighted by atomic mass is 9.33. The van der Waals surface area contributed by atoms with Crippen molar-refractivity contribution >= 4 is 62.7 Å². The molecule has 3 heterocycles. The minimum Gasteiger partial charge on any atom is -0.440 e. The van der Waals surface area contributed by atoms with E-state index < -0.39 is 0 Å². The van der Waals surface area contributed by atoms with Crippen LogP contribution in [0.3, 0.4) is 0 Å². The Morgan fingerprint density at radius 1 is 0.683 bits per heavy atom. The molecule has 3 nitrogen and oxygen atoms in total. The minimum absolute atomic E-state index is 0.0816. The molecule has 0 amide bonds. The molecule has 2 aliphatic heterocycles. The second-order valence-electron chi connectivity index (χ2n) is 12.0. The average Bonchev–Trinajstić information content (AvgIpc) is 3.48. The van der Waals surface area contributed by atoms with Crippen molar-refractivity contribution in [1.29, 1.82) is 0 Å². The molecule has 0 N–H and O–H groups in total. The van der Waals surface area contributed by atoms with Crippen LogP contribution in [0.25, 0.3) is 22.1 Å². The number of para-hydroxylation sites is 2. The lowest BCUT2D eigenvalue weighted by Crippen LogP contribution is -2.61. The van der Waals surface area contributed by atoms with Crippen LogP contribution < -0.4 is 26.2 Å². The SMILES string of the molecule is CCN1c2ccccc2B2c3c1cccc3N(c1ccccc1)c1oc3cc4c(cc3c12)-c1ccccc1C4(C)C. The van der Waals surface area contributed by atoms with Crippen LogP contribution in [0.4, 0.5) is 28.6 Å². The Morgan fingerprint density at radius 2 is 1.41 bits per heavy atom. The molecule has 0 atom stereocenters. The van der Waals surface area contributed by atoms with Gasteiger partial charge in [0.25, 0.3) is 6.71 Å². The first-order chi connectivity index (χ1) is 20.1. The van der Waals surface area contributed by atoms with E-state index in [0.29, 0.717) is 0 Å². The Labute approximate surface area is 240 Å². The fourth-order valence-electron chi connectivity index (χ4n) is 7.86. The molecule has 0 radical (unpaired) electrons. The molecule has 0 fully saturated rings. The van der Waals surface area contributed by atoms with Crippen LogP contribution in [0.15, 0.2) is 114 Å². The van der Waals surface area contributed by atoms with E-state index in [1.165, 1.54) is 61.1 Å². The number of furan rings is 1. The van der Waals surface area contributed by atoms with Crippen LogP contribution in [-0.4, -0.2) is 13.3 Å². The van der Waals surface area contributed by atoms with Crippen LogP contribution in [0, 0.1) is 0 Å². The highest BCUT2D eigenvalue weighted by molar-refractivity contribution is 7.01. The maximum Gasteiger partial charge on any atom is 0.257 e. The number of hydrogen-bond acceptors (Lipinski definition) is 3. The van der Waals surface area contributed by atoms with Gasteiger partial charge in [0.15, 0.2) is 0 Å². The highest BCUT2D eigenvalue weighted by atomic mass is 16.4. The standard InChI is InChI=1S/C37H29BN2O/c1-4-39-30-18-11-10-17-29(30)38-34-26-21-25-24-15-8-9-16-27(24)37(2,3)28(25)22-33(26)41-36(34)40(23-13-6-5-7-14-23)32-20-12-19-31(39)35(32)38/h5-22H,4H2,1-3H3. The zero-order valence-corrected chi connectivity index (χ0v) is 23.5. The van der Waals surface area contributed by atoms with E-state index in [0.717, 1.165) is 23.7 Å². The van der Waals surface area contributed by atoms with Crippen LogP contribution in [0.5, 0.6) is 0 Å². The van der Waals surface area contributed by atoms with Gasteiger partial charge in [-0.15, -0.1) is 0 Å². The first-order valence-electron chi connectivity index (χ1n) is 14.6. The number of anilines is 5. The van der Waals surface area contributed by atoms with E-state index in [-0.39, 0.29) is 12.1 Å². The Bertz CT molecular complexity index is 2040. The summed E-state index contributed by atoms with van der Waals surface area (Å²) in [5.41, 5.74) is 15.1. The maximum atomic E-state index is 7.01. The van der Waals surface area contributed by atoms with Crippen molar-refractivity contribution in [3.05, 3.63) is 120 Å². The monoisotopic (exact) mass is 528 g/mol. The topological polar surface area (TPSA) is 19.6 Å². The highest BCUT2D eigenvalue weighted by Crippen LogP contribution is 2.51. The zero-order chi connectivity index (χ0) is 27.5. The molecule has 0 unspecified atom stereocenters. The molecule has 1 aromatic heterocycles. The molecule has 5 aromatic carbocycles. The van der Waals surface area contributed by atoms with Crippen LogP contribution in [-0.2, 0) is 5.41 Å². The van der Waals surface area contributed by atoms with Gasteiger partial charge >= 0.3 is 0 Å². The van der Waals surface area contributed by atoms with E-state index >= 15 is 0 Å². The van der Waals surface area contributed by atoms with Gasteiger partial charge in [0.05, 0.1) is 0 Å². The zero-order valence-electron chi connectivity index (χ0n) is 23.5. The van der Waals surface area contributed by atoms with Gasteiger partial charge in [-0.05, 0) is 82.6 Å². The number of fused-ring (bicyclic) bond motifs is 9. The summed E-state index contributed by atoms with van der Waals surface area (Å²) in [5, 5.41) is 1.21. The predicted molar refractivity (Wildman–Crippen MR) is 172 cm³/mol. The summed E-state index contributed by atoms with van der Waals surface area (Å²) in [6.45, 7) is 7.90. The van der Waals surface area contributed by atoms with Crippen molar-refractivity contribution in [2.45, 2.75) is 26.2 Å². The first-order valence-corrected chi connectivity index (χ1v) is 14.6. The Morgan fingerprint density at radius 3 is 2.27 bits per heavy atom. The van der Waals surface area contributed by atoms with Crippen molar-refractivity contribution in [1.82, 2.24) is 0 Å². The van der Waals surface area contributed by atoms with Crippen LogP contribution in [0.2, 0.25) is 0 Å². The van der Waals surface area contributed by atoms with E-state index in [1.54, 1.807) is 0 Å². The lowest BCUT2D eigenvalue weighted by molar-refractivity contribution is 0.617. The molecular formula is C37H29BN2O. The second-order valence-corrected chi connectivity index (χ2v) is 12.0. The largest absolute Gasteiger partial charge is 0.440 e. The molecule has 9 rings (SSSR count). The van der Waals surface area contributed by atoms with Gasteiger partial charge in [-0.1, -0.05) is 80.6 Å². The molecule has 0 bridgehead atoms. The molecular weight excluding hydrogens is 499 g/mol. The third kappa shape index (κ3) is 2.85. The summed E-state index contributed by atoms with van der Waals surface area (Å²) in [4.78, 5) is 4.81. The van der Waals surface area contributed by atoms with Gasteiger partial charge < -0.3 is 9.32 Å². The first kappa shape index (κ1) is 23.1. The number of benzene rings is 5. The van der Waals surface area contributed by atoms with Gasteiger partial charge in [0, 0.05) is 45.6 Å². The molecule has 4 heteroatoms. The van der Waals surface area contributed by atoms with Crippen molar-refractivity contribution in [2.24, 2.45) is 0 Å². The van der Waals surface area contributed by atoms with Crippen molar-refractivity contribution in [3.63, 3.8) is 0 Å². The molecule has 0 saturated carbocycles. The summed E-state index contributed by atoms with van der Waals surface area (Å²) < 4.78 is 7.01. The summed E-state index contributed by atoms with van der Waals surface area (Å²) in [6, 6.07) is 40.0. The normalized spacial score (nSPS) is 15.3. The molecule has 0 spiro atoms. The van der Waals surface area contributed by atoms with Gasteiger partial charge in [-0.25, -0.2) is 0 Å². The van der Waals surface area contributed by atoms with E-state index in [4.69, 9.17) is 4.42 Å². The Balaban J connectivity index is 1.42. The van der Waals surface area contributed by atoms with Crippen molar-refractivity contribution in [2.75, 3.05) is 16.3 Å². The third-order valence-corrected chi connectivity index (χ3v) is 9.65. The van der Waals surface area contributed by atoms with Gasteiger partial charge in [-0.3, -0.25) is 4.90 Å². The van der Waals surface area contributed by atoms with Gasteiger partial charge in [0.1, 0.15) is 5.58 Å². The van der Waals surface area contributed by atoms with E-state index in [2.05, 4.69) is 140 Å². The van der Waals surface area contributed by atoms with Gasteiger partial charge in [-0.2, -0.15) is 0 Å². The molecule has 196 valence electrons. The minimum atomic E-state index is -0.0816. The number of nitrogens with zero attached hydrogens (tertiary/aromatic N) is 2. The van der Waals surface area contributed by atoms with E-state index in [9.17, 15) is 0 Å². The van der Waals surface area contributed by atoms with Crippen molar-refractivity contribution in [3.8, 4) is 11.1 Å². The van der Waals surface area contributed by atoms with Crippen LogP contribution >= 0.6 is 0 Å². The summed E-state index contributed by atoms with van der Waals surface area (Å²) in [5.74, 6) is 0.926. The highest BCUT2D eigenvalue weighted by Gasteiger charge is 2.46. The Hall–Kier alpha value is -4.70. The quantitative estimate of drug-likeness (QED) is 0.217.